The summed E-state index contributed by atoms with van der Waals surface area (Å²) in [6.45, 7) is 1.78. The van der Waals surface area contributed by atoms with E-state index in [1.54, 1.807) is 6.92 Å². The first-order valence-electron chi connectivity index (χ1n) is 6.59. The zero-order valence-electron chi connectivity index (χ0n) is 11.5. The van der Waals surface area contributed by atoms with E-state index in [4.69, 9.17) is 0 Å². The molecule has 0 aliphatic rings. The molecule has 2 aromatic carbocycles. The molecule has 3 rings (SSSR count). The van der Waals surface area contributed by atoms with Gasteiger partial charge in [-0.1, -0.05) is 36.4 Å². The van der Waals surface area contributed by atoms with Gasteiger partial charge in [0.15, 0.2) is 0 Å². The summed E-state index contributed by atoms with van der Waals surface area (Å²) in [4.78, 5) is 20.6. The number of hydrogen-bond acceptors (Lipinski definition) is 4. The van der Waals surface area contributed by atoms with Gasteiger partial charge in [-0.05, 0) is 31.2 Å². The number of rotatable bonds is 3. The van der Waals surface area contributed by atoms with Gasteiger partial charge in [0.2, 0.25) is 5.95 Å². The van der Waals surface area contributed by atoms with Crippen LogP contribution < -0.4 is 11.0 Å². The van der Waals surface area contributed by atoms with Crippen LogP contribution in [0.2, 0.25) is 0 Å². The molecule has 0 bridgehead atoms. The minimum absolute atomic E-state index is 0.302. The SMILES string of the molecule is Cc1nc(Nc2ccccc2)nc(=O)n1-c1ccccc1. The van der Waals surface area contributed by atoms with Crippen molar-refractivity contribution in [1.29, 1.82) is 0 Å². The molecule has 3 aromatic rings. The van der Waals surface area contributed by atoms with Gasteiger partial charge in [-0.15, -0.1) is 0 Å². The zero-order chi connectivity index (χ0) is 14.7. The number of aromatic nitrogens is 3. The van der Waals surface area contributed by atoms with Crippen molar-refractivity contribution in [1.82, 2.24) is 14.5 Å². The van der Waals surface area contributed by atoms with Crippen molar-refractivity contribution in [3.63, 3.8) is 0 Å². The predicted molar refractivity (Wildman–Crippen MR) is 82.1 cm³/mol. The molecule has 104 valence electrons. The van der Waals surface area contributed by atoms with E-state index in [1.165, 1.54) is 4.57 Å². The molecule has 1 heterocycles. The van der Waals surface area contributed by atoms with E-state index in [-0.39, 0.29) is 5.69 Å². The van der Waals surface area contributed by atoms with Gasteiger partial charge in [-0.2, -0.15) is 9.97 Å². The minimum Gasteiger partial charge on any atom is -0.324 e. The normalized spacial score (nSPS) is 10.3. The Kier molecular flexibility index (Phi) is 3.47. The fourth-order valence-corrected chi connectivity index (χ4v) is 2.09. The van der Waals surface area contributed by atoms with Crippen molar-refractivity contribution in [2.24, 2.45) is 0 Å². The third-order valence-electron chi connectivity index (χ3n) is 3.03. The molecular weight excluding hydrogens is 264 g/mol. The minimum atomic E-state index is -0.355. The molecule has 0 spiro atoms. The summed E-state index contributed by atoms with van der Waals surface area (Å²) in [5, 5.41) is 3.03. The number of benzene rings is 2. The van der Waals surface area contributed by atoms with Crippen molar-refractivity contribution in [2.45, 2.75) is 6.92 Å². The van der Waals surface area contributed by atoms with E-state index in [0.717, 1.165) is 11.4 Å². The highest BCUT2D eigenvalue weighted by Gasteiger charge is 2.08. The molecule has 0 saturated heterocycles. The van der Waals surface area contributed by atoms with Crippen LogP contribution >= 0.6 is 0 Å². The van der Waals surface area contributed by atoms with Crippen LogP contribution in [0, 0.1) is 6.92 Å². The summed E-state index contributed by atoms with van der Waals surface area (Å²) in [6, 6.07) is 18.9. The molecule has 0 fully saturated rings. The number of nitrogens with zero attached hydrogens (tertiary/aromatic N) is 3. The predicted octanol–water partition coefficient (Wildman–Crippen LogP) is 2.68. The van der Waals surface area contributed by atoms with Gasteiger partial charge in [0.25, 0.3) is 0 Å². The van der Waals surface area contributed by atoms with Crippen LogP contribution in [-0.4, -0.2) is 14.5 Å². The molecule has 5 heteroatoms. The topological polar surface area (TPSA) is 59.8 Å². The molecule has 0 atom stereocenters. The lowest BCUT2D eigenvalue weighted by atomic mass is 10.3. The molecular formula is C16H14N4O. The fourth-order valence-electron chi connectivity index (χ4n) is 2.09. The molecule has 0 amide bonds. The number of para-hydroxylation sites is 2. The first-order valence-corrected chi connectivity index (χ1v) is 6.59. The average molecular weight is 278 g/mol. The Bertz CT molecular complexity index is 798. The summed E-state index contributed by atoms with van der Waals surface area (Å²) in [6.07, 6.45) is 0. The van der Waals surface area contributed by atoms with Crippen molar-refractivity contribution in [2.75, 3.05) is 5.32 Å². The Morgan fingerprint density at radius 3 is 2.14 bits per heavy atom. The molecule has 0 aliphatic carbocycles. The number of anilines is 2. The summed E-state index contributed by atoms with van der Waals surface area (Å²) < 4.78 is 1.48. The molecule has 21 heavy (non-hydrogen) atoms. The highest BCUT2D eigenvalue weighted by molar-refractivity contribution is 5.52. The lowest BCUT2D eigenvalue weighted by Gasteiger charge is -2.10. The Morgan fingerprint density at radius 2 is 1.52 bits per heavy atom. The van der Waals surface area contributed by atoms with Crippen molar-refractivity contribution >= 4 is 11.6 Å². The van der Waals surface area contributed by atoms with E-state index in [1.807, 2.05) is 60.7 Å². The highest BCUT2D eigenvalue weighted by Crippen LogP contribution is 2.12. The second kappa shape index (κ2) is 5.58. The van der Waals surface area contributed by atoms with Gasteiger partial charge in [0, 0.05) is 5.69 Å². The number of aryl methyl sites for hydroxylation is 1. The Balaban J connectivity index is 1.99. The lowest BCUT2D eigenvalue weighted by Crippen LogP contribution is -2.25. The fraction of sp³-hybridized carbons (Fsp3) is 0.0625. The van der Waals surface area contributed by atoms with Crippen molar-refractivity contribution in [3.8, 4) is 5.69 Å². The first kappa shape index (κ1) is 13.1. The highest BCUT2D eigenvalue weighted by atomic mass is 16.1. The zero-order valence-corrected chi connectivity index (χ0v) is 11.5. The Labute approximate surface area is 121 Å². The van der Waals surface area contributed by atoms with Crippen LogP contribution in [0.1, 0.15) is 5.82 Å². The van der Waals surface area contributed by atoms with Crippen molar-refractivity contribution in [3.05, 3.63) is 77.0 Å². The summed E-state index contributed by atoms with van der Waals surface area (Å²) in [5.74, 6) is 0.885. The molecule has 0 saturated carbocycles. The van der Waals surface area contributed by atoms with E-state index in [9.17, 15) is 4.79 Å². The maximum absolute atomic E-state index is 12.2. The Morgan fingerprint density at radius 1 is 0.905 bits per heavy atom. The van der Waals surface area contributed by atoms with Gasteiger partial charge in [-0.3, -0.25) is 0 Å². The van der Waals surface area contributed by atoms with Crippen LogP contribution in [0.15, 0.2) is 65.5 Å². The summed E-state index contributed by atoms with van der Waals surface area (Å²) in [5.41, 5.74) is 1.24. The molecule has 5 nitrogen and oxygen atoms in total. The largest absolute Gasteiger partial charge is 0.356 e. The molecule has 1 N–H and O–H groups in total. The van der Waals surface area contributed by atoms with E-state index in [2.05, 4.69) is 15.3 Å². The summed E-state index contributed by atoms with van der Waals surface area (Å²) in [7, 11) is 0. The molecule has 0 radical (unpaired) electrons. The van der Waals surface area contributed by atoms with E-state index in [0.29, 0.717) is 11.8 Å². The maximum atomic E-state index is 12.2. The van der Waals surface area contributed by atoms with Crippen molar-refractivity contribution < 1.29 is 0 Å². The maximum Gasteiger partial charge on any atom is 0.356 e. The quantitative estimate of drug-likeness (QED) is 0.800. The van der Waals surface area contributed by atoms with Crippen LogP contribution in [0.25, 0.3) is 5.69 Å². The standard InChI is InChI=1S/C16H14N4O/c1-12-17-15(18-13-8-4-2-5-9-13)19-16(21)20(12)14-10-6-3-7-11-14/h2-11H,1H3,(H,18,19,21). The van der Waals surface area contributed by atoms with Crippen LogP contribution in [0.3, 0.4) is 0 Å². The third-order valence-corrected chi connectivity index (χ3v) is 3.03. The van der Waals surface area contributed by atoms with Gasteiger partial charge in [0.05, 0.1) is 5.69 Å². The monoisotopic (exact) mass is 278 g/mol. The van der Waals surface area contributed by atoms with Crippen LogP contribution in [-0.2, 0) is 0 Å². The first-order chi connectivity index (χ1) is 10.2. The third kappa shape index (κ3) is 2.81. The summed E-state index contributed by atoms with van der Waals surface area (Å²) >= 11 is 0. The second-order valence-electron chi connectivity index (χ2n) is 4.54. The van der Waals surface area contributed by atoms with Gasteiger partial charge in [0.1, 0.15) is 5.82 Å². The van der Waals surface area contributed by atoms with E-state index < -0.39 is 0 Å². The average Bonchev–Trinajstić information content (AvgIpc) is 2.49. The smallest absolute Gasteiger partial charge is 0.324 e. The van der Waals surface area contributed by atoms with Gasteiger partial charge >= 0.3 is 5.69 Å². The Hall–Kier alpha value is -2.95. The molecule has 0 aliphatic heterocycles. The molecule has 1 aromatic heterocycles. The van der Waals surface area contributed by atoms with E-state index >= 15 is 0 Å². The lowest BCUT2D eigenvalue weighted by molar-refractivity contribution is 0.815. The van der Waals surface area contributed by atoms with Gasteiger partial charge in [-0.25, -0.2) is 9.36 Å². The second-order valence-corrected chi connectivity index (χ2v) is 4.54. The molecule has 0 unspecified atom stereocenters. The van der Waals surface area contributed by atoms with Crippen LogP contribution in [0.5, 0.6) is 0 Å². The number of hydrogen-bond donors (Lipinski definition) is 1. The number of nitrogens with one attached hydrogen (secondary N) is 1. The van der Waals surface area contributed by atoms with Gasteiger partial charge < -0.3 is 5.32 Å². The van der Waals surface area contributed by atoms with Crippen LogP contribution in [0.4, 0.5) is 11.6 Å².